The molecule has 0 heterocycles. The summed E-state index contributed by atoms with van der Waals surface area (Å²) in [7, 11) is 2.87. The van der Waals surface area contributed by atoms with Gasteiger partial charge in [-0.25, -0.2) is 4.79 Å². The average molecular weight is 268 g/mol. The first-order chi connectivity index (χ1) is 8.62. The Bertz CT molecular complexity index is 443. The molecule has 0 atom stereocenters. The van der Waals surface area contributed by atoms with E-state index in [0.29, 0.717) is 29.4 Å². The van der Waals surface area contributed by atoms with E-state index in [1.807, 2.05) is 0 Å². The third kappa shape index (κ3) is 3.70. The lowest BCUT2D eigenvalue weighted by Crippen LogP contribution is -2.08. The number of rotatable bonds is 6. The molecule has 98 valence electrons. The van der Waals surface area contributed by atoms with Crippen LogP contribution in [0.2, 0.25) is 0 Å². The Morgan fingerprint density at radius 2 is 2.11 bits per heavy atom. The molecule has 0 saturated carbocycles. The Kier molecular flexibility index (Phi) is 5.58. The van der Waals surface area contributed by atoms with Crippen LogP contribution in [0, 0.1) is 0 Å². The average Bonchev–Trinajstić information content (AvgIpc) is 2.43. The minimum atomic E-state index is -0.455. The molecule has 0 aliphatic carbocycles. The third-order valence-corrected chi connectivity index (χ3v) is 2.70. The van der Waals surface area contributed by atoms with Crippen LogP contribution in [0.5, 0.6) is 11.5 Å². The number of thiol groups is 1. The maximum absolute atomic E-state index is 11.6. The number of benzene rings is 1. The summed E-state index contributed by atoms with van der Waals surface area (Å²) in [6, 6.07) is 4.91. The van der Waals surface area contributed by atoms with Gasteiger partial charge >= 0.3 is 5.97 Å². The highest BCUT2D eigenvalue weighted by Gasteiger charge is 2.14. The molecule has 1 aromatic carbocycles. The fraction of sp³-hybridized carbons (Fsp3) is 0.308. The second-order valence-electron chi connectivity index (χ2n) is 3.55. The summed E-state index contributed by atoms with van der Waals surface area (Å²) in [4.78, 5) is 11.6. The highest BCUT2D eigenvalue weighted by Crippen LogP contribution is 2.25. The molecular formula is C13H16O4S. The molecule has 0 radical (unpaired) electrons. The molecule has 0 aromatic heterocycles. The smallest absolute Gasteiger partial charge is 0.341 e. The van der Waals surface area contributed by atoms with E-state index in [0.717, 1.165) is 5.57 Å². The van der Waals surface area contributed by atoms with E-state index in [4.69, 9.17) is 9.47 Å². The number of carbonyl (C=O) groups excluding carboxylic acids is 1. The van der Waals surface area contributed by atoms with Gasteiger partial charge in [-0.2, -0.15) is 12.6 Å². The van der Waals surface area contributed by atoms with E-state index in [1.54, 1.807) is 25.3 Å². The summed E-state index contributed by atoms with van der Waals surface area (Å²) in [5.41, 5.74) is 1.17. The minimum absolute atomic E-state index is 0.292. The minimum Gasteiger partial charge on any atom is -0.497 e. The monoisotopic (exact) mass is 268 g/mol. The summed E-state index contributed by atoms with van der Waals surface area (Å²) in [6.45, 7) is 4.07. The second kappa shape index (κ2) is 6.96. The van der Waals surface area contributed by atoms with Crippen molar-refractivity contribution >= 4 is 18.6 Å². The van der Waals surface area contributed by atoms with Crippen LogP contribution in [0.25, 0.3) is 0 Å². The van der Waals surface area contributed by atoms with Gasteiger partial charge in [0.25, 0.3) is 0 Å². The predicted octanol–water partition coefficient (Wildman–Crippen LogP) is 2.35. The Labute approximate surface area is 112 Å². The van der Waals surface area contributed by atoms with Crippen LogP contribution in [-0.4, -0.2) is 32.5 Å². The number of carbonyl (C=O) groups is 1. The van der Waals surface area contributed by atoms with Crippen LogP contribution in [0.4, 0.5) is 0 Å². The van der Waals surface area contributed by atoms with E-state index in [-0.39, 0.29) is 0 Å². The van der Waals surface area contributed by atoms with Crippen molar-refractivity contribution in [2.75, 3.05) is 26.6 Å². The molecule has 18 heavy (non-hydrogen) atoms. The van der Waals surface area contributed by atoms with Crippen LogP contribution in [0.15, 0.2) is 30.4 Å². The summed E-state index contributed by atoms with van der Waals surface area (Å²) in [6.07, 6.45) is 0. The zero-order chi connectivity index (χ0) is 13.5. The predicted molar refractivity (Wildman–Crippen MR) is 72.8 cm³/mol. The Balaban J connectivity index is 2.96. The molecule has 1 aromatic rings. The summed E-state index contributed by atoms with van der Waals surface area (Å²) < 4.78 is 15.3. The Morgan fingerprint density at radius 3 is 2.67 bits per heavy atom. The molecule has 4 nitrogen and oxygen atoms in total. The fourth-order valence-corrected chi connectivity index (χ4v) is 1.34. The van der Waals surface area contributed by atoms with Crippen molar-refractivity contribution in [3.63, 3.8) is 0 Å². The third-order valence-electron chi connectivity index (χ3n) is 2.25. The molecule has 0 bridgehead atoms. The van der Waals surface area contributed by atoms with Gasteiger partial charge in [0, 0.05) is 11.8 Å². The molecule has 0 N–H and O–H groups in total. The quantitative estimate of drug-likeness (QED) is 0.488. The number of ether oxygens (including phenoxy) is 3. The molecule has 0 aliphatic heterocycles. The highest BCUT2D eigenvalue weighted by molar-refractivity contribution is 7.80. The molecule has 0 amide bonds. The van der Waals surface area contributed by atoms with E-state index in [2.05, 4.69) is 23.9 Å². The van der Waals surface area contributed by atoms with Gasteiger partial charge in [-0.15, -0.1) is 0 Å². The normalized spacial score (nSPS) is 9.72. The van der Waals surface area contributed by atoms with Crippen LogP contribution in [-0.2, 0) is 4.74 Å². The SMILES string of the molecule is C=C(CS)COc1cc(OC)ccc1C(=O)OC. The van der Waals surface area contributed by atoms with Crippen molar-refractivity contribution in [2.24, 2.45) is 0 Å². The zero-order valence-corrected chi connectivity index (χ0v) is 11.3. The summed E-state index contributed by atoms with van der Waals surface area (Å²) >= 11 is 4.09. The van der Waals surface area contributed by atoms with Crippen LogP contribution in [0.3, 0.4) is 0 Å². The lowest BCUT2D eigenvalue weighted by Gasteiger charge is -2.12. The molecule has 0 saturated heterocycles. The van der Waals surface area contributed by atoms with Crippen molar-refractivity contribution < 1.29 is 19.0 Å². The van der Waals surface area contributed by atoms with E-state index in [9.17, 15) is 4.79 Å². The number of methoxy groups -OCH3 is 2. The Hall–Kier alpha value is -1.62. The van der Waals surface area contributed by atoms with Gasteiger partial charge in [0.1, 0.15) is 23.7 Å². The molecule has 0 spiro atoms. The first-order valence-electron chi connectivity index (χ1n) is 5.29. The molecule has 5 heteroatoms. The van der Waals surface area contributed by atoms with Crippen LogP contribution in [0.1, 0.15) is 10.4 Å². The highest BCUT2D eigenvalue weighted by atomic mass is 32.1. The first kappa shape index (κ1) is 14.4. The molecular weight excluding hydrogens is 252 g/mol. The summed E-state index contributed by atoms with van der Waals surface area (Å²) in [5.74, 6) is 1.08. The van der Waals surface area contributed by atoms with Crippen molar-refractivity contribution in [2.45, 2.75) is 0 Å². The number of esters is 1. The van der Waals surface area contributed by atoms with Gasteiger partial charge in [-0.1, -0.05) is 6.58 Å². The molecule has 0 unspecified atom stereocenters. The van der Waals surface area contributed by atoms with E-state index >= 15 is 0 Å². The molecule has 1 rings (SSSR count). The number of hydrogen-bond acceptors (Lipinski definition) is 5. The molecule has 0 aliphatic rings. The van der Waals surface area contributed by atoms with Crippen molar-refractivity contribution in [1.29, 1.82) is 0 Å². The van der Waals surface area contributed by atoms with Gasteiger partial charge < -0.3 is 14.2 Å². The van der Waals surface area contributed by atoms with E-state index in [1.165, 1.54) is 7.11 Å². The molecule has 0 fully saturated rings. The van der Waals surface area contributed by atoms with Crippen molar-refractivity contribution in [3.8, 4) is 11.5 Å². The standard InChI is InChI=1S/C13H16O4S/c1-9(8-18)7-17-12-6-10(15-2)4-5-11(12)13(14)16-3/h4-6,18H,1,7-8H2,2-3H3. The summed E-state index contributed by atoms with van der Waals surface area (Å²) in [5, 5.41) is 0. The second-order valence-corrected chi connectivity index (χ2v) is 3.87. The van der Waals surface area contributed by atoms with Crippen molar-refractivity contribution in [1.82, 2.24) is 0 Å². The lowest BCUT2D eigenvalue weighted by atomic mass is 10.2. The Morgan fingerprint density at radius 1 is 1.39 bits per heavy atom. The lowest BCUT2D eigenvalue weighted by molar-refractivity contribution is 0.0596. The maximum Gasteiger partial charge on any atom is 0.341 e. The van der Waals surface area contributed by atoms with Gasteiger partial charge in [-0.05, 0) is 17.7 Å². The van der Waals surface area contributed by atoms with E-state index < -0.39 is 5.97 Å². The van der Waals surface area contributed by atoms with Gasteiger partial charge in [0.05, 0.1) is 14.2 Å². The fourth-order valence-electron chi connectivity index (χ4n) is 1.25. The van der Waals surface area contributed by atoms with Gasteiger partial charge in [-0.3, -0.25) is 0 Å². The van der Waals surface area contributed by atoms with Crippen molar-refractivity contribution in [3.05, 3.63) is 35.9 Å². The zero-order valence-electron chi connectivity index (χ0n) is 10.4. The van der Waals surface area contributed by atoms with Crippen LogP contribution >= 0.6 is 12.6 Å². The largest absolute Gasteiger partial charge is 0.497 e. The maximum atomic E-state index is 11.6. The van der Waals surface area contributed by atoms with Gasteiger partial charge in [0.2, 0.25) is 0 Å². The topological polar surface area (TPSA) is 44.8 Å². The first-order valence-corrected chi connectivity index (χ1v) is 5.92. The van der Waals surface area contributed by atoms with Gasteiger partial charge in [0.15, 0.2) is 0 Å². The van der Waals surface area contributed by atoms with Crippen LogP contribution < -0.4 is 9.47 Å². The number of hydrogen-bond donors (Lipinski definition) is 1.